The molecule has 28 heavy (non-hydrogen) atoms. The second kappa shape index (κ2) is 6.88. The summed E-state index contributed by atoms with van der Waals surface area (Å²) in [7, 11) is 0. The van der Waals surface area contributed by atoms with E-state index in [0.717, 1.165) is 37.5 Å². The van der Waals surface area contributed by atoms with Gasteiger partial charge in [-0.1, -0.05) is 0 Å². The maximum atomic E-state index is 12.4. The van der Waals surface area contributed by atoms with Gasteiger partial charge in [-0.15, -0.1) is 10.2 Å². The van der Waals surface area contributed by atoms with Crippen LogP contribution in [0, 0.1) is 0 Å². The Balaban J connectivity index is 1.36. The number of aromatic nitrogens is 5. The highest BCUT2D eigenvalue weighted by Crippen LogP contribution is 2.37. The number of ether oxygens (including phenoxy) is 1. The lowest BCUT2D eigenvalue weighted by atomic mass is 9.95. The average molecular weight is 387 g/mol. The molecule has 0 saturated carbocycles. The summed E-state index contributed by atoms with van der Waals surface area (Å²) in [4.78, 5) is 12.4. The van der Waals surface area contributed by atoms with E-state index in [1.165, 1.54) is 6.42 Å². The Hall–Kier alpha value is -2.42. The van der Waals surface area contributed by atoms with Crippen LogP contribution in [0.2, 0.25) is 0 Å². The van der Waals surface area contributed by atoms with E-state index < -0.39 is 5.60 Å². The molecule has 4 heterocycles. The Bertz CT molecular complexity index is 868. The average Bonchev–Trinajstić information content (AvgIpc) is 3.25. The van der Waals surface area contributed by atoms with Crippen LogP contribution in [0.1, 0.15) is 58.6 Å². The maximum absolute atomic E-state index is 12.4. The molecule has 2 amide bonds. The first-order valence-corrected chi connectivity index (χ1v) is 9.93. The number of amides is 2. The van der Waals surface area contributed by atoms with Gasteiger partial charge in [0.2, 0.25) is 0 Å². The molecule has 2 aromatic rings. The third-order valence-electron chi connectivity index (χ3n) is 5.51. The number of hydrogen-bond donors (Lipinski definition) is 2. The highest BCUT2D eigenvalue weighted by Gasteiger charge is 2.46. The van der Waals surface area contributed by atoms with Gasteiger partial charge in [0.15, 0.2) is 5.82 Å². The van der Waals surface area contributed by atoms with Gasteiger partial charge in [0.25, 0.3) is 0 Å². The van der Waals surface area contributed by atoms with Crippen molar-refractivity contribution in [1.29, 1.82) is 0 Å². The first-order chi connectivity index (χ1) is 13.2. The van der Waals surface area contributed by atoms with Crippen molar-refractivity contribution in [2.45, 2.75) is 83.7 Å². The summed E-state index contributed by atoms with van der Waals surface area (Å²) in [6.07, 6.45) is 7.53. The van der Waals surface area contributed by atoms with Gasteiger partial charge in [-0.05, 0) is 47.0 Å². The number of aryl methyl sites for hydroxylation is 1. The lowest BCUT2D eigenvalue weighted by Gasteiger charge is -2.27. The third kappa shape index (κ3) is 3.89. The molecular weight excluding hydrogens is 358 g/mol. The zero-order chi connectivity index (χ0) is 19.9. The van der Waals surface area contributed by atoms with Gasteiger partial charge in [-0.3, -0.25) is 4.68 Å². The van der Waals surface area contributed by atoms with Crippen LogP contribution in [0.15, 0.2) is 12.4 Å². The van der Waals surface area contributed by atoms with E-state index in [9.17, 15) is 4.79 Å². The summed E-state index contributed by atoms with van der Waals surface area (Å²) in [5, 5.41) is 18.8. The predicted molar refractivity (Wildman–Crippen MR) is 104 cm³/mol. The Morgan fingerprint density at radius 1 is 1.29 bits per heavy atom. The molecule has 2 aliphatic rings. The third-order valence-corrected chi connectivity index (χ3v) is 5.51. The van der Waals surface area contributed by atoms with E-state index in [0.29, 0.717) is 12.2 Å². The molecule has 1 fully saturated rings. The fraction of sp³-hybridized carbons (Fsp3) is 0.684. The Labute approximate surface area is 164 Å². The number of nitrogens with zero attached hydrogens (tertiary/aromatic N) is 5. The van der Waals surface area contributed by atoms with Crippen molar-refractivity contribution in [3.8, 4) is 0 Å². The second-order valence-corrected chi connectivity index (χ2v) is 8.89. The molecule has 0 aliphatic carbocycles. The molecule has 0 radical (unpaired) electrons. The molecule has 1 atom stereocenters. The largest absolute Gasteiger partial charge is 0.367 e. The van der Waals surface area contributed by atoms with E-state index in [-0.39, 0.29) is 17.7 Å². The number of anilines is 1. The first kappa shape index (κ1) is 18.9. The van der Waals surface area contributed by atoms with Crippen molar-refractivity contribution in [2.75, 3.05) is 5.32 Å². The topological polar surface area (TPSA) is 98.9 Å². The van der Waals surface area contributed by atoms with Crippen LogP contribution in [-0.2, 0) is 24.2 Å². The fourth-order valence-corrected chi connectivity index (χ4v) is 4.26. The molecule has 9 heteroatoms. The molecular formula is C19H29N7O2. The van der Waals surface area contributed by atoms with Gasteiger partial charge in [0.1, 0.15) is 12.4 Å². The van der Waals surface area contributed by atoms with E-state index in [2.05, 4.69) is 30.5 Å². The monoisotopic (exact) mass is 387 g/mol. The van der Waals surface area contributed by atoms with Crippen molar-refractivity contribution in [1.82, 2.24) is 29.9 Å². The Morgan fingerprint density at radius 2 is 2.11 bits per heavy atom. The number of nitrogens with one attached hydrogen (secondary N) is 2. The van der Waals surface area contributed by atoms with Crippen LogP contribution in [0.25, 0.3) is 0 Å². The van der Waals surface area contributed by atoms with Gasteiger partial charge in [-0.25, -0.2) is 4.79 Å². The van der Waals surface area contributed by atoms with E-state index in [1.807, 2.05) is 33.9 Å². The molecule has 0 bridgehead atoms. The van der Waals surface area contributed by atoms with Gasteiger partial charge in [-0.2, -0.15) is 5.10 Å². The smallest absolute Gasteiger partial charge is 0.319 e. The van der Waals surface area contributed by atoms with E-state index in [4.69, 9.17) is 4.74 Å². The number of carbonyl (C=O) groups excluding carboxylic acids is 1. The number of hydrogen-bond acceptors (Lipinski definition) is 5. The molecule has 152 valence electrons. The number of urea groups is 1. The highest BCUT2D eigenvalue weighted by molar-refractivity contribution is 5.89. The van der Waals surface area contributed by atoms with E-state index >= 15 is 0 Å². The maximum Gasteiger partial charge on any atom is 0.319 e. The fourth-order valence-electron chi connectivity index (χ4n) is 4.26. The normalized spacial score (nSPS) is 22.6. The van der Waals surface area contributed by atoms with Crippen LogP contribution < -0.4 is 10.6 Å². The molecule has 0 spiro atoms. The van der Waals surface area contributed by atoms with Crippen molar-refractivity contribution in [3.63, 3.8) is 0 Å². The Kier molecular flexibility index (Phi) is 4.65. The van der Waals surface area contributed by atoms with Crippen LogP contribution >= 0.6 is 0 Å². The zero-order valence-electron chi connectivity index (χ0n) is 17.0. The van der Waals surface area contributed by atoms with E-state index in [1.54, 1.807) is 10.9 Å². The number of fused-ring (bicyclic) bond motifs is 1. The van der Waals surface area contributed by atoms with Crippen LogP contribution in [0.5, 0.6) is 0 Å². The number of carbonyl (C=O) groups is 1. The molecule has 1 unspecified atom stereocenters. The lowest BCUT2D eigenvalue weighted by Crippen LogP contribution is -2.47. The molecule has 4 rings (SSSR count). The summed E-state index contributed by atoms with van der Waals surface area (Å²) in [5.74, 6) is 1.95. The molecule has 1 saturated heterocycles. The van der Waals surface area contributed by atoms with Crippen molar-refractivity contribution in [2.24, 2.45) is 0 Å². The standard InChI is InChI=1S/C19H29N7O2/c1-18(2)9-14(19(3,4)28-18)22-17(27)21-13-10-20-25(11-13)12-16-24-23-15-7-5-6-8-26(15)16/h10-11,14H,5-9,12H2,1-4H3,(H2,21,22,27). The van der Waals surface area contributed by atoms with Crippen molar-refractivity contribution in [3.05, 3.63) is 24.0 Å². The predicted octanol–water partition coefficient (Wildman–Crippen LogP) is 2.33. The molecule has 2 aliphatic heterocycles. The van der Waals surface area contributed by atoms with Gasteiger partial charge in [0.05, 0.1) is 29.1 Å². The summed E-state index contributed by atoms with van der Waals surface area (Å²) < 4.78 is 9.98. The highest BCUT2D eigenvalue weighted by atomic mass is 16.5. The van der Waals surface area contributed by atoms with Crippen LogP contribution in [-0.4, -0.2) is 47.8 Å². The minimum absolute atomic E-state index is 0.0555. The summed E-state index contributed by atoms with van der Waals surface area (Å²) in [6, 6.07) is -0.307. The SMILES string of the molecule is CC1(C)CC(NC(=O)Nc2cnn(Cc3nnc4n3CCCC4)c2)C(C)(C)O1. The van der Waals surface area contributed by atoms with Gasteiger partial charge >= 0.3 is 6.03 Å². The minimum Gasteiger partial charge on any atom is -0.367 e. The molecule has 0 aromatic carbocycles. The lowest BCUT2D eigenvalue weighted by molar-refractivity contribution is -0.0689. The number of rotatable bonds is 4. The summed E-state index contributed by atoms with van der Waals surface area (Å²) >= 11 is 0. The minimum atomic E-state index is -0.405. The molecule has 2 aromatic heterocycles. The van der Waals surface area contributed by atoms with Gasteiger partial charge in [0, 0.05) is 19.2 Å². The Morgan fingerprint density at radius 3 is 2.86 bits per heavy atom. The molecule has 9 nitrogen and oxygen atoms in total. The van der Waals surface area contributed by atoms with Crippen LogP contribution in [0.4, 0.5) is 10.5 Å². The first-order valence-electron chi connectivity index (χ1n) is 9.93. The van der Waals surface area contributed by atoms with Crippen molar-refractivity contribution < 1.29 is 9.53 Å². The zero-order valence-corrected chi connectivity index (χ0v) is 17.0. The van der Waals surface area contributed by atoms with Crippen LogP contribution in [0.3, 0.4) is 0 Å². The van der Waals surface area contributed by atoms with Crippen molar-refractivity contribution >= 4 is 11.7 Å². The molecule has 2 N–H and O–H groups in total. The quantitative estimate of drug-likeness (QED) is 0.839. The summed E-state index contributed by atoms with van der Waals surface area (Å²) in [6.45, 7) is 9.59. The summed E-state index contributed by atoms with van der Waals surface area (Å²) in [5.41, 5.74) is -0.00604. The van der Waals surface area contributed by atoms with Gasteiger partial charge < -0.3 is 19.9 Å². The second-order valence-electron chi connectivity index (χ2n) is 8.89.